The Kier molecular flexibility index (Phi) is 12.0. The number of amides is 1. The van der Waals surface area contributed by atoms with Gasteiger partial charge in [0.1, 0.15) is 0 Å². The van der Waals surface area contributed by atoms with Crippen molar-refractivity contribution in [1.29, 1.82) is 0 Å². The Morgan fingerprint density at radius 1 is 0.963 bits per heavy atom. The average molecular weight is 377 g/mol. The molecule has 27 heavy (non-hydrogen) atoms. The van der Waals surface area contributed by atoms with Crippen LogP contribution in [0.3, 0.4) is 0 Å². The predicted molar refractivity (Wildman–Crippen MR) is 114 cm³/mol. The molecule has 0 aliphatic rings. The molecule has 0 fully saturated rings. The quantitative estimate of drug-likeness (QED) is 0.475. The van der Waals surface area contributed by atoms with E-state index in [1.807, 2.05) is 30.1 Å². The zero-order valence-electron chi connectivity index (χ0n) is 18.0. The van der Waals surface area contributed by atoms with Gasteiger partial charge in [0, 0.05) is 18.7 Å². The molecule has 1 N–H and O–H groups in total. The van der Waals surface area contributed by atoms with Crippen LogP contribution in [0.15, 0.2) is 30.3 Å². The lowest BCUT2D eigenvalue weighted by Crippen LogP contribution is -2.51. The van der Waals surface area contributed by atoms with Crippen molar-refractivity contribution in [3.8, 4) is 0 Å². The van der Waals surface area contributed by atoms with E-state index in [0.29, 0.717) is 6.61 Å². The van der Waals surface area contributed by atoms with Crippen LogP contribution in [0.2, 0.25) is 0 Å². The fraction of sp³-hybridized carbons (Fsp3) is 0.696. The number of likely N-dealkylation sites (N-methyl/N-ethyl adjacent to an activating group) is 1. The number of carbonyl (C=O) groups excluding carboxylic acids is 1. The summed E-state index contributed by atoms with van der Waals surface area (Å²) in [6.45, 7) is 9.88. The van der Waals surface area contributed by atoms with Gasteiger partial charge in [-0.2, -0.15) is 0 Å². The zero-order chi connectivity index (χ0) is 20.1. The molecule has 0 bridgehead atoms. The minimum absolute atomic E-state index is 0.0657. The van der Waals surface area contributed by atoms with Crippen molar-refractivity contribution in [2.75, 3.05) is 13.7 Å². The summed E-state index contributed by atoms with van der Waals surface area (Å²) in [5.41, 5.74) is 1.23. The normalized spacial score (nSPS) is 12.6. The lowest BCUT2D eigenvalue weighted by molar-refractivity contribution is -0.137. The highest BCUT2D eigenvalue weighted by Gasteiger charge is 2.26. The maximum Gasteiger partial charge on any atom is 0.240 e. The molecule has 1 aromatic rings. The maximum atomic E-state index is 12.8. The molecule has 1 rings (SSSR count). The first-order valence-electron chi connectivity index (χ1n) is 10.6. The van der Waals surface area contributed by atoms with E-state index in [9.17, 15) is 4.79 Å². The molecule has 4 nitrogen and oxygen atoms in total. The third-order valence-electron chi connectivity index (χ3n) is 4.91. The minimum Gasteiger partial charge on any atom is -0.377 e. The Labute approximate surface area is 166 Å². The van der Waals surface area contributed by atoms with Gasteiger partial charge in [0.25, 0.3) is 0 Å². The first kappa shape index (κ1) is 23.6. The number of carbonyl (C=O) groups is 1. The number of nitrogens with one attached hydrogen (secondary N) is 1. The van der Waals surface area contributed by atoms with Crippen LogP contribution in [-0.4, -0.2) is 42.6 Å². The Hall–Kier alpha value is -1.39. The van der Waals surface area contributed by atoms with Gasteiger partial charge in [0.2, 0.25) is 5.91 Å². The standard InChI is InChI=1S/C23H40N2O2/c1-19(2)25(20(3)4)23(26)22(24-5)16-12-7-6-8-13-17-27-18-21-14-10-9-11-15-21/h9-11,14-15,19-20,22,24H,6-8,12-13,16-18H2,1-5H3. The van der Waals surface area contributed by atoms with E-state index in [-0.39, 0.29) is 24.0 Å². The highest BCUT2D eigenvalue weighted by molar-refractivity contribution is 5.82. The van der Waals surface area contributed by atoms with Crippen molar-refractivity contribution in [3.05, 3.63) is 35.9 Å². The van der Waals surface area contributed by atoms with Crippen LogP contribution in [-0.2, 0) is 16.1 Å². The SMILES string of the molecule is CNC(CCCCCCCOCc1ccccc1)C(=O)N(C(C)C)C(C)C. The first-order chi connectivity index (χ1) is 13.0. The van der Waals surface area contributed by atoms with Crippen LogP contribution in [0.5, 0.6) is 0 Å². The number of ether oxygens (including phenoxy) is 1. The van der Waals surface area contributed by atoms with Crippen molar-refractivity contribution in [2.45, 2.75) is 91.0 Å². The Balaban J connectivity index is 2.12. The molecule has 4 heteroatoms. The summed E-state index contributed by atoms with van der Waals surface area (Å²) in [7, 11) is 1.89. The molecule has 154 valence electrons. The molecule has 1 unspecified atom stereocenters. The minimum atomic E-state index is -0.0657. The van der Waals surface area contributed by atoms with Crippen LogP contribution < -0.4 is 5.32 Å². The van der Waals surface area contributed by atoms with Crippen molar-refractivity contribution in [3.63, 3.8) is 0 Å². The second-order valence-corrected chi connectivity index (χ2v) is 7.87. The molecule has 1 amide bonds. The summed E-state index contributed by atoms with van der Waals surface area (Å²) in [6.07, 6.45) is 6.68. The molecule has 0 radical (unpaired) electrons. The number of rotatable bonds is 14. The lowest BCUT2D eigenvalue weighted by Gasteiger charge is -2.34. The van der Waals surface area contributed by atoms with Gasteiger partial charge in [-0.05, 0) is 53.1 Å². The predicted octanol–water partition coefficient (Wildman–Crippen LogP) is 4.78. The maximum absolute atomic E-state index is 12.8. The summed E-state index contributed by atoms with van der Waals surface area (Å²) in [5.74, 6) is 0.233. The second kappa shape index (κ2) is 13.7. The summed E-state index contributed by atoms with van der Waals surface area (Å²) in [4.78, 5) is 14.8. The smallest absolute Gasteiger partial charge is 0.240 e. The fourth-order valence-corrected chi connectivity index (χ4v) is 3.52. The number of unbranched alkanes of at least 4 members (excludes halogenated alkanes) is 4. The molecule has 0 aromatic heterocycles. The highest BCUT2D eigenvalue weighted by Crippen LogP contribution is 2.13. The largest absolute Gasteiger partial charge is 0.377 e. The number of benzene rings is 1. The summed E-state index contributed by atoms with van der Waals surface area (Å²) in [5, 5.41) is 3.22. The van der Waals surface area contributed by atoms with E-state index in [2.05, 4.69) is 45.1 Å². The molecular formula is C23H40N2O2. The van der Waals surface area contributed by atoms with Gasteiger partial charge in [-0.15, -0.1) is 0 Å². The Morgan fingerprint density at radius 3 is 2.15 bits per heavy atom. The van der Waals surface area contributed by atoms with E-state index in [0.717, 1.165) is 25.9 Å². The topological polar surface area (TPSA) is 41.6 Å². The number of nitrogens with zero attached hydrogens (tertiary/aromatic N) is 1. The van der Waals surface area contributed by atoms with Gasteiger partial charge in [-0.3, -0.25) is 4.79 Å². The van der Waals surface area contributed by atoms with Crippen molar-refractivity contribution in [2.24, 2.45) is 0 Å². The summed E-state index contributed by atoms with van der Waals surface area (Å²) >= 11 is 0. The molecule has 0 spiro atoms. The summed E-state index contributed by atoms with van der Waals surface area (Å²) < 4.78 is 5.72. The highest BCUT2D eigenvalue weighted by atomic mass is 16.5. The van der Waals surface area contributed by atoms with E-state index < -0.39 is 0 Å². The van der Waals surface area contributed by atoms with Gasteiger partial charge in [0.05, 0.1) is 12.6 Å². The van der Waals surface area contributed by atoms with E-state index in [1.165, 1.54) is 24.8 Å². The molecule has 0 heterocycles. The van der Waals surface area contributed by atoms with Crippen LogP contribution in [0.4, 0.5) is 0 Å². The number of hydrogen-bond acceptors (Lipinski definition) is 3. The molecular weight excluding hydrogens is 336 g/mol. The Morgan fingerprint density at radius 2 is 1.56 bits per heavy atom. The van der Waals surface area contributed by atoms with Gasteiger partial charge in [-0.1, -0.05) is 56.0 Å². The summed E-state index contributed by atoms with van der Waals surface area (Å²) in [6, 6.07) is 10.7. The first-order valence-corrected chi connectivity index (χ1v) is 10.6. The van der Waals surface area contributed by atoms with Crippen LogP contribution in [0.25, 0.3) is 0 Å². The third-order valence-corrected chi connectivity index (χ3v) is 4.91. The van der Waals surface area contributed by atoms with Crippen molar-refractivity contribution >= 4 is 5.91 Å². The number of hydrogen-bond donors (Lipinski definition) is 1. The van der Waals surface area contributed by atoms with E-state index in [1.54, 1.807) is 0 Å². The molecule has 0 aliphatic heterocycles. The Bertz CT molecular complexity index is 494. The third kappa shape index (κ3) is 9.39. The molecule has 1 aromatic carbocycles. The van der Waals surface area contributed by atoms with Crippen LogP contribution in [0, 0.1) is 0 Å². The molecule has 0 aliphatic carbocycles. The molecule has 1 atom stereocenters. The molecule has 0 saturated carbocycles. The van der Waals surface area contributed by atoms with Gasteiger partial charge in [-0.25, -0.2) is 0 Å². The van der Waals surface area contributed by atoms with Gasteiger partial charge >= 0.3 is 0 Å². The van der Waals surface area contributed by atoms with Gasteiger partial charge in [0.15, 0.2) is 0 Å². The van der Waals surface area contributed by atoms with Crippen molar-refractivity contribution < 1.29 is 9.53 Å². The van der Waals surface area contributed by atoms with Crippen LogP contribution in [0.1, 0.15) is 71.8 Å². The van der Waals surface area contributed by atoms with E-state index >= 15 is 0 Å². The second-order valence-electron chi connectivity index (χ2n) is 7.87. The zero-order valence-corrected chi connectivity index (χ0v) is 18.0. The molecule has 0 saturated heterocycles. The monoisotopic (exact) mass is 376 g/mol. The van der Waals surface area contributed by atoms with E-state index in [4.69, 9.17) is 4.74 Å². The fourth-order valence-electron chi connectivity index (χ4n) is 3.52. The lowest BCUT2D eigenvalue weighted by atomic mass is 10.0. The average Bonchev–Trinajstić information content (AvgIpc) is 2.63. The van der Waals surface area contributed by atoms with Crippen molar-refractivity contribution in [1.82, 2.24) is 10.2 Å². The van der Waals surface area contributed by atoms with Gasteiger partial charge < -0.3 is 15.0 Å². The van der Waals surface area contributed by atoms with Crippen LogP contribution >= 0.6 is 0 Å².